The summed E-state index contributed by atoms with van der Waals surface area (Å²) < 4.78 is 27.7. The van der Waals surface area contributed by atoms with E-state index in [0.717, 1.165) is 18.4 Å². The Hall–Kier alpha value is -3.24. The minimum atomic E-state index is -3.83. The van der Waals surface area contributed by atoms with Crippen LogP contribution in [-0.2, 0) is 14.8 Å². The van der Waals surface area contributed by atoms with E-state index in [-0.39, 0.29) is 35.4 Å². The van der Waals surface area contributed by atoms with Crippen LogP contribution in [0.4, 0.5) is 5.69 Å². The summed E-state index contributed by atoms with van der Waals surface area (Å²) in [6.45, 7) is 5.73. The third-order valence-corrected chi connectivity index (χ3v) is 8.45. The van der Waals surface area contributed by atoms with E-state index in [1.54, 1.807) is 28.0 Å². The molecule has 2 fully saturated rings. The van der Waals surface area contributed by atoms with E-state index in [1.807, 2.05) is 13.0 Å². The first-order chi connectivity index (χ1) is 16.7. The van der Waals surface area contributed by atoms with Crippen molar-refractivity contribution in [1.29, 1.82) is 0 Å². The standard InChI is InChI=1S/C25H30N4O5S/c1-18-7-5-10-22(25(32)28-11-3-4-12-28)23(18)26-24(31)20-8-6-9-21(17-20)35(33,34)29-15-13-27(14-16-29)19(2)30/h5-10,17H,3-4,11-16H2,1-2H3,(H,26,31). The van der Waals surface area contributed by atoms with Crippen molar-refractivity contribution in [2.75, 3.05) is 44.6 Å². The predicted molar refractivity (Wildman–Crippen MR) is 132 cm³/mol. The number of carbonyl (C=O) groups is 3. The number of aryl methyl sites for hydroxylation is 1. The number of carbonyl (C=O) groups excluding carboxylic acids is 3. The average molecular weight is 499 g/mol. The van der Waals surface area contributed by atoms with E-state index in [0.29, 0.717) is 37.4 Å². The fourth-order valence-corrected chi connectivity index (χ4v) is 5.95. The van der Waals surface area contributed by atoms with Crippen LogP contribution in [0.5, 0.6) is 0 Å². The number of nitrogens with one attached hydrogen (secondary N) is 1. The number of anilines is 1. The highest BCUT2D eigenvalue weighted by molar-refractivity contribution is 7.89. The van der Waals surface area contributed by atoms with Crippen molar-refractivity contribution in [3.8, 4) is 0 Å². The van der Waals surface area contributed by atoms with Crippen LogP contribution < -0.4 is 5.32 Å². The van der Waals surface area contributed by atoms with Gasteiger partial charge in [-0.3, -0.25) is 14.4 Å². The van der Waals surface area contributed by atoms with Crippen molar-refractivity contribution in [3.05, 3.63) is 59.2 Å². The van der Waals surface area contributed by atoms with E-state index in [9.17, 15) is 22.8 Å². The quantitative estimate of drug-likeness (QED) is 0.681. The largest absolute Gasteiger partial charge is 0.340 e. The summed E-state index contributed by atoms with van der Waals surface area (Å²) in [6.07, 6.45) is 1.93. The zero-order chi connectivity index (χ0) is 25.2. The number of sulfonamides is 1. The summed E-state index contributed by atoms with van der Waals surface area (Å²) in [4.78, 5) is 41.1. The minimum absolute atomic E-state index is 0.0135. The molecule has 2 aromatic carbocycles. The number of nitrogens with zero attached hydrogens (tertiary/aromatic N) is 3. The van der Waals surface area contributed by atoms with E-state index in [2.05, 4.69) is 5.32 Å². The highest BCUT2D eigenvalue weighted by atomic mass is 32.2. The van der Waals surface area contributed by atoms with Gasteiger partial charge in [-0.25, -0.2) is 8.42 Å². The Labute approximate surface area is 205 Å². The summed E-state index contributed by atoms with van der Waals surface area (Å²) in [5.41, 5.74) is 1.78. The predicted octanol–water partition coefficient (Wildman–Crippen LogP) is 2.34. The molecule has 0 aromatic heterocycles. The fourth-order valence-electron chi connectivity index (χ4n) is 4.48. The molecule has 0 unspecified atom stereocenters. The van der Waals surface area contributed by atoms with Gasteiger partial charge in [-0.05, 0) is 49.6 Å². The second-order valence-electron chi connectivity index (χ2n) is 8.89. The van der Waals surface area contributed by atoms with Gasteiger partial charge in [0.2, 0.25) is 15.9 Å². The normalized spacial score (nSPS) is 16.9. The first-order valence-electron chi connectivity index (χ1n) is 11.7. The summed E-state index contributed by atoms with van der Waals surface area (Å²) in [5, 5.41) is 2.84. The summed E-state index contributed by atoms with van der Waals surface area (Å²) in [7, 11) is -3.83. The maximum atomic E-state index is 13.2. The monoisotopic (exact) mass is 498 g/mol. The van der Waals surface area contributed by atoms with Crippen molar-refractivity contribution in [2.24, 2.45) is 0 Å². The molecular formula is C25H30N4O5S. The molecule has 0 atom stereocenters. The minimum Gasteiger partial charge on any atom is -0.340 e. The molecule has 1 N–H and O–H groups in total. The third-order valence-electron chi connectivity index (χ3n) is 6.55. The maximum Gasteiger partial charge on any atom is 0.255 e. The molecule has 10 heteroatoms. The Kier molecular flexibility index (Phi) is 7.23. The molecule has 2 aromatic rings. The Morgan fingerprint density at radius 3 is 2.17 bits per heavy atom. The van der Waals surface area contributed by atoms with Gasteiger partial charge >= 0.3 is 0 Å². The third kappa shape index (κ3) is 5.23. The topological polar surface area (TPSA) is 107 Å². The van der Waals surface area contributed by atoms with Gasteiger partial charge < -0.3 is 15.1 Å². The first-order valence-corrected chi connectivity index (χ1v) is 13.2. The summed E-state index contributed by atoms with van der Waals surface area (Å²) in [6, 6.07) is 11.2. The van der Waals surface area contributed by atoms with E-state index >= 15 is 0 Å². The number of para-hydroxylation sites is 1. The smallest absolute Gasteiger partial charge is 0.255 e. The van der Waals surface area contributed by atoms with E-state index in [4.69, 9.17) is 0 Å². The summed E-state index contributed by atoms with van der Waals surface area (Å²) in [5.74, 6) is -0.699. The van der Waals surface area contributed by atoms with Crippen LogP contribution in [0.15, 0.2) is 47.4 Å². The molecule has 2 aliphatic heterocycles. The summed E-state index contributed by atoms with van der Waals surface area (Å²) >= 11 is 0. The number of piperazine rings is 1. The first kappa shape index (κ1) is 24.9. The highest BCUT2D eigenvalue weighted by Gasteiger charge is 2.30. The number of hydrogen-bond acceptors (Lipinski definition) is 5. The SMILES string of the molecule is CC(=O)N1CCN(S(=O)(=O)c2cccc(C(=O)Nc3c(C)cccc3C(=O)N3CCCC3)c2)CC1. The Bertz CT molecular complexity index is 1250. The molecule has 0 bridgehead atoms. The van der Waals surface area contributed by atoms with Crippen molar-refractivity contribution < 1.29 is 22.8 Å². The zero-order valence-electron chi connectivity index (χ0n) is 20.0. The molecule has 35 heavy (non-hydrogen) atoms. The number of amides is 3. The van der Waals surface area contributed by atoms with Gasteiger partial charge in [0.1, 0.15) is 0 Å². The lowest BCUT2D eigenvalue weighted by Crippen LogP contribution is -2.49. The number of hydrogen-bond donors (Lipinski definition) is 1. The van der Waals surface area contributed by atoms with Crippen LogP contribution >= 0.6 is 0 Å². The fraction of sp³-hybridized carbons (Fsp3) is 0.400. The molecule has 0 saturated carbocycles. The van der Waals surface area contributed by atoms with Crippen LogP contribution in [0, 0.1) is 6.92 Å². The molecule has 2 saturated heterocycles. The lowest BCUT2D eigenvalue weighted by Gasteiger charge is -2.33. The Balaban J connectivity index is 1.54. The van der Waals surface area contributed by atoms with Crippen molar-refractivity contribution >= 4 is 33.4 Å². The van der Waals surface area contributed by atoms with Crippen LogP contribution in [0.1, 0.15) is 46.0 Å². The zero-order valence-corrected chi connectivity index (χ0v) is 20.8. The maximum absolute atomic E-state index is 13.2. The van der Waals surface area contributed by atoms with Crippen LogP contribution in [0.3, 0.4) is 0 Å². The average Bonchev–Trinajstić information content (AvgIpc) is 3.40. The van der Waals surface area contributed by atoms with E-state index < -0.39 is 15.9 Å². The van der Waals surface area contributed by atoms with Gasteiger partial charge in [0, 0.05) is 51.8 Å². The van der Waals surface area contributed by atoms with Gasteiger partial charge in [-0.2, -0.15) is 4.31 Å². The Morgan fingerprint density at radius 2 is 1.51 bits per heavy atom. The lowest BCUT2D eigenvalue weighted by atomic mass is 10.1. The van der Waals surface area contributed by atoms with Gasteiger partial charge in [-0.15, -0.1) is 0 Å². The molecular weight excluding hydrogens is 468 g/mol. The molecule has 3 amide bonds. The van der Waals surface area contributed by atoms with Crippen LogP contribution in [0.25, 0.3) is 0 Å². The van der Waals surface area contributed by atoms with Crippen LogP contribution in [0.2, 0.25) is 0 Å². The molecule has 2 aliphatic rings. The van der Waals surface area contributed by atoms with Crippen molar-refractivity contribution in [2.45, 2.75) is 31.6 Å². The highest BCUT2D eigenvalue weighted by Crippen LogP contribution is 2.25. The molecule has 0 spiro atoms. The van der Waals surface area contributed by atoms with E-state index in [1.165, 1.54) is 29.4 Å². The molecule has 0 aliphatic carbocycles. The second kappa shape index (κ2) is 10.2. The number of benzene rings is 2. The van der Waals surface area contributed by atoms with Gasteiger partial charge in [0.15, 0.2) is 0 Å². The Morgan fingerprint density at radius 1 is 0.857 bits per heavy atom. The lowest BCUT2D eigenvalue weighted by molar-refractivity contribution is -0.129. The van der Waals surface area contributed by atoms with Crippen LogP contribution in [-0.4, -0.2) is 79.5 Å². The molecule has 9 nitrogen and oxygen atoms in total. The van der Waals surface area contributed by atoms with Crippen molar-refractivity contribution in [3.63, 3.8) is 0 Å². The molecule has 2 heterocycles. The molecule has 0 radical (unpaired) electrons. The van der Waals surface area contributed by atoms with Gasteiger partial charge in [0.25, 0.3) is 11.8 Å². The molecule has 4 rings (SSSR count). The molecule has 186 valence electrons. The van der Waals surface area contributed by atoms with Gasteiger partial charge in [-0.1, -0.05) is 18.2 Å². The number of rotatable bonds is 5. The van der Waals surface area contributed by atoms with Gasteiger partial charge in [0.05, 0.1) is 16.1 Å². The van der Waals surface area contributed by atoms with Crippen molar-refractivity contribution in [1.82, 2.24) is 14.1 Å². The second-order valence-corrected chi connectivity index (χ2v) is 10.8. The number of likely N-dealkylation sites (tertiary alicyclic amines) is 1.